The van der Waals surface area contributed by atoms with Crippen LogP contribution >= 0.6 is 0 Å². The summed E-state index contributed by atoms with van der Waals surface area (Å²) in [4.78, 5) is 10.4. The predicted molar refractivity (Wildman–Crippen MR) is 64.1 cm³/mol. The van der Waals surface area contributed by atoms with Gasteiger partial charge in [-0.1, -0.05) is 0 Å². The lowest BCUT2D eigenvalue weighted by molar-refractivity contribution is -0.385. The Hall–Kier alpha value is -1.62. The largest absolute Gasteiger partial charge is 0.496 e. The first kappa shape index (κ1) is 11.9. The summed E-state index contributed by atoms with van der Waals surface area (Å²) < 4.78 is 5.07. The number of benzene rings is 1. The summed E-state index contributed by atoms with van der Waals surface area (Å²) in [5.41, 5.74) is 6.89. The molecule has 0 aliphatic heterocycles. The molecule has 0 atom stereocenters. The van der Waals surface area contributed by atoms with Crippen molar-refractivity contribution in [2.24, 2.45) is 5.73 Å². The predicted octanol–water partition coefficient (Wildman–Crippen LogP) is 2.03. The molecule has 1 aromatic carbocycles. The van der Waals surface area contributed by atoms with Crippen molar-refractivity contribution in [2.45, 2.75) is 31.2 Å². The highest BCUT2D eigenvalue weighted by Gasteiger charge is 2.32. The number of methoxy groups -OCH3 is 1. The Morgan fingerprint density at radius 3 is 2.65 bits per heavy atom. The zero-order valence-corrected chi connectivity index (χ0v) is 9.81. The zero-order chi connectivity index (χ0) is 12.5. The monoisotopic (exact) mass is 236 g/mol. The smallest absolute Gasteiger partial charge is 0.273 e. The lowest BCUT2D eigenvalue weighted by Crippen LogP contribution is -2.48. The van der Waals surface area contributed by atoms with Gasteiger partial charge in [0.15, 0.2) is 0 Å². The van der Waals surface area contributed by atoms with Crippen LogP contribution in [0.5, 0.6) is 5.75 Å². The van der Waals surface area contributed by atoms with E-state index in [0.29, 0.717) is 12.2 Å². The van der Waals surface area contributed by atoms with Crippen LogP contribution in [0.4, 0.5) is 5.69 Å². The Labute approximate surface area is 99.7 Å². The topological polar surface area (TPSA) is 78.4 Å². The standard InChI is InChI=1S/C12H16N2O3/c1-17-11-6-9(5-10(7-11)14(15)16)8-12(13)3-2-4-12/h5-7H,2-4,8,13H2,1H3. The molecule has 2 N–H and O–H groups in total. The van der Waals surface area contributed by atoms with Gasteiger partial charge in [-0.3, -0.25) is 10.1 Å². The average molecular weight is 236 g/mol. The van der Waals surface area contributed by atoms with Crippen molar-refractivity contribution >= 4 is 5.69 Å². The van der Waals surface area contributed by atoms with Crippen molar-refractivity contribution in [3.63, 3.8) is 0 Å². The van der Waals surface area contributed by atoms with Gasteiger partial charge in [0.2, 0.25) is 0 Å². The Morgan fingerprint density at radius 1 is 1.47 bits per heavy atom. The molecule has 0 heterocycles. The summed E-state index contributed by atoms with van der Waals surface area (Å²) in [5.74, 6) is 0.511. The first-order chi connectivity index (χ1) is 8.02. The maximum absolute atomic E-state index is 10.8. The maximum atomic E-state index is 10.8. The minimum atomic E-state index is -0.407. The number of hydrogen-bond acceptors (Lipinski definition) is 4. The molecular formula is C12H16N2O3. The maximum Gasteiger partial charge on any atom is 0.273 e. The fraction of sp³-hybridized carbons (Fsp3) is 0.500. The third-order valence-corrected chi connectivity index (χ3v) is 3.30. The average Bonchev–Trinajstić information content (AvgIpc) is 2.26. The third-order valence-electron chi connectivity index (χ3n) is 3.30. The molecular weight excluding hydrogens is 220 g/mol. The van der Waals surface area contributed by atoms with Gasteiger partial charge in [-0.15, -0.1) is 0 Å². The van der Waals surface area contributed by atoms with Crippen LogP contribution in [0, 0.1) is 10.1 Å². The van der Waals surface area contributed by atoms with Gasteiger partial charge in [0.05, 0.1) is 18.1 Å². The normalized spacial score (nSPS) is 17.3. The fourth-order valence-electron chi connectivity index (χ4n) is 2.18. The molecule has 92 valence electrons. The second-order valence-electron chi connectivity index (χ2n) is 4.69. The van der Waals surface area contributed by atoms with Gasteiger partial charge < -0.3 is 10.5 Å². The van der Waals surface area contributed by atoms with E-state index in [1.165, 1.54) is 13.2 Å². The van der Waals surface area contributed by atoms with E-state index in [-0.39, 0.29) is 11.2 Å². The molecule has 5 nitrogen and oxygen atoms in total. The number of nitrogens with zero attached hydrogens (tertiary/aromatic N) is 1. The number of nitrogens with two attached hydrogens (primary N) is 1. The molecule has 0 bridgehead atoms. The van der Waals surface area contributed by atoms with E-state index >= 15 is 0 Å². The second-order valence-corrected chi connectivity index (χ2v) is 4.69. The van der Waals surface area contributed by atoms with Crippen molar-refractivity contribution in [1.82, 2.24) is 0 Å². The number of ether oxygens (including phenoxy) is 1. The first-order valence-corrected chi connectivity index (χ1v) is 5.64. The van der Waals surface area contributed by atoms with E-state index in [9.17, 15) is 10.1 Å². The van der Waals surface area contributed by atoms with Gasteiger partial charge in [0, 0.05) is 11.6 Å². The number of rotatable bonds is 4. The highest BCUT2D eigenvalue weighted by molar-refractivity contribution is 5.43. The van der Waals surface area contributed by atoms with Crippen LogP contribution < -0.4 is 10.5 Å². The van der Waals surface area contributed by atoms with E-state index in [1.807, 2.05) is 6.07 Å². The lowest BCUT2D eigenvalue weighted by Gasteiger charge is -2.38. The summed E-state index contributed by atoms with van der Waals surface area (Å²) >= 11 is 0. The van der Waals surface area contributed by atoms with Crippen molar-refractivity contribution in [2.75, 3.05) is 7.11 Å². The van der Waals surface area contributed by atoms with Crippen LogP contribution in [0.25, 0.3) is 0 Å². The molecule has 0 radical (unpaired) electrons. The first-order valence-electron chi connectivity index (χ1n) is 5.64. The van der Waals surface area contributed by atoms with Gasteiger partial charge in [-0.05, 0) is 37.3 Å². The van der Waals surface area contributed by atoms with E-state index in [4.69, 9.17) is 10.5 Å². The van der Waals surface area contributed by atoms with Crippen LogP contribution in [0.2, 0.25) is 0 Å². The Kier molecular flexibility index (Phi) is 3.02. The Bertz CT molecular complexity index is 441. The molecule has 5 heteroatoms. The van der Waals surface area contributed by atoms with Crippen LogP contribution in [-0.2, 0) is 6.42 Å². The molecule has 17 heavy (non-hydrogen) atoms. The molecule has 0 unspecified atom stereocenters. The molecule has 2 rings (SSSR count). The molecule has 1 fully saturated rings. The quantitative estimate of drug-likeness (QED) is 0.640. The summed E-state index contributed by atoms with van der Waals surface area (Å²) in [7, 11) is 1.50. The lowest BCUT2D eigenvalue weighted by atomic mass is 9.74. The molecule has 0 amide bonds. The fourth-order valence-corrected chi connectivity index (χ4v) is 2.18. The molecule has 1 aromatic rings. The molecule has 0 spiro atoms. The molecule has 1 aliphatic rings. The minimum Gasteiger partial charge on any atom is -0.496 e. The number of nitro benzene ring substituents is 1. The number of non-ortho nitro benzene ring substituents is 1. The van der Waals surface area contributed by atoms with Crippen molar-refractivity contribution in [3.8, 4) is 5.75 Å². The Morgan fingerprint density at radius 2 is 2.18 bits per heavy atom. The number of nitro groups is 1. The zero-order valence-electron chi connectivity index (χ0n) is 9.81. The van der Waals surface area contributed by atoms with Crippen LogP contribution in [-0.4, -0.2) is 17.6 Å². The summed E-state index contributed by atoms with van der Waals surface area (Å²) in [6.45, 7) is 0. The summed E-state index contributed by atoms with van der Waals surface area (Å²) in [6.07, 6.45) is 3.78. The Balaban J connectivity index is 2.26. The van der Waals surface area contributed by atoms with Crippen LogP contribution in [0.3, 0.4) is 0 Å². The number of hydrogen-bond donors (Lipinski definition) is 1. The molecule has 0 saturated heterocycles. The minimum absolute atomic E-state index is 0.0577. The van der Waals surface area contributed by atoms with Gasteiger partial charge in [0.1, 0.15) is 5.75 Å². The van der Waals surface area contributed by atoms with Crippen LogP contribution in [0.15, 0.2) is 18.2 Å². The third kappa shape index (κ3) is 2.55. The van der Waals surface area contributed by atoms with Gasteiger partial charge in [0.25, 0.3) is 5.69 Å². The molecule has 1 aliphatic carbocycles. The van der Waals surface area contributed by atoms with Gasteiger partial charge >= 0.3 is 0 Å². The van der Waals surface area contributed by atoms with E-state index in [0.717, 1.165) is 24.8 Å². The molecule has 1 saturated carbocycles. The summed E-state index contributed by atoms with van der Waals surface area (Å²) in [5, 5.41) is 10.8. The van der Waals surface area contributed by atoms with Gasteiger partial charge in [-0.2, -0.15) is 0 Å². The van der Waals surface area contributed by atoms with Crippen molar-refractivity contribution in [3.05, 3.63) is 33.9 Å². The van der Waals surface area contributed by atoms with E-state index < -0.39 is 4.92 Å². The second kappa shape index (κ2) is 4.33. The van der Waals surface area contributed by atoms with E-state index in [2.05, 4.69) is 0 Å². The van der Waals surface area contributed by atoms with Crippen molar-refractivity contribution < 1.29 is 9.66 Å². The highest BCUT2D eigenvalue weighted by Crippen LogP contribution is 2.34. The van der Waals surface area contributed by atoms with Crippen LogP contribution in [0.1, 0.15) is 24.8 Å². The van der Waals surface area contributed by atoms with E-state index in [1.54, 1.807) is 6.07 Å². The SMILES string of the molecule is COc1cc(CC2(N)CCC2)cc([N+](=O)[O-])c1. The highest BCUT2D eigenvalue weighted by atomic mass is 16.6. The molecule has 0 aromatic heterocycles. The van der Waals surface area contributed by atoms with Gasteiger partial charge in [-0.25, -0.2) is 0 Å². The summed E-state index contributed by atoms with van der Waals surface area (Å²) in [6, 6.07) is 4.82. The van der Waals surface area contributed by atoms with Crippen molar-refractivity contribution in [1.29, 1.82) is 0 Å².